The van der Waals surface area contributed by atoms with E-state index >= 15 is 0 Å². The zero-order valence-electron chi connectivity index (χ0n) is 13.4. The maximum absolute atomic E-state index is 9.76. The van der Waals surface area contributed by atoms with E-state index in [4.69, 9.17) is 10.5 Å². The van der Waals surface area contributed by atoms with E-state index in [9.17, 15) is 10.2 Å². The van der Waals surface area contributed by atoms with E-state index in [1.807, 2.05) is 36.4 Å². The molecule has 4 heteroatoms. The van der Waals surface area contributed by atoms with E-state index in [1.165, 1.54) is 0 Å². The smallest absolute Gasteiger partial charge is 0.138 e. The van der Waals surface area contributed by atoms with E-state index in [0.717, 1.165) is 27.8 Å². The van der Waals surface area contributed by atoms with Gasteiger partial charge < -0.3 is 20.7 Å². The molecule has 4 nitrogen and oxygen atoms in total. The van der Waals surface area contributed by atoms with E-state index < -0.39 is 0 Å². The van der Waals surface area contributed by atoms with Crippen molar-refractivity contribution < 1.29 is 14.9 Å². The third kappa shape index (κ3) is 2.84. The van der Waals surface area contributed by atoms with Crippen LogP contribution in [0.2, 0.25) is 0 Å². The van der Waals surface area contributed by atoms with Crippen molar-refractivity contribution in [1.82, 2.24) is 0 Å². The zero-order chi connectivity index (χ0) is 17.4. The number of hydrogen-bond donors (Lipinski definition) is 3. The zero-order valence-corrected chi connectivity index (χ0v) is 13.4. The minimum atomic E-state index is 0.133. The number of hydrogen-bond acceptors (Lipinski definition) is 4. The predicted octanol–water partition coefficient (Wildman–Crippen LogP) is 4.25. The lowest BCUT2D eigenvalue weighted by atomic mass is 9.92. The maximum Gasteiger partial charge on any atom is 0.138 e. The van der Waals surface area contributed by atoms with Crippen molar-refractivity contribution in [2.75, 3.05) is 0 Å². The van der Waals surface area contributed by atoms with E-state index in [1.54, 1.807) is 24.3 Å². The number of aromatic hydroxyl groups is 2. The Morgan fingerprint density at radius 2 is 1.36 bits per heavy atom. The Morgan fingerprint density at radius 3 is 1.88 bits per heavy atom. The minimum absolute atomic E-state index is 0.133. The molecule has 3 aromatic rings. The van der Waals surface area contributed by atoms with Crippen molar-refractivity contribution in [2.45, 2.75) is 6.54 Å². The van der Waals surface area contributed by atoms with Gasteiger partial charge in [0.1, 0.15) is 23.0 Å². The summed E-state index contributed by atoms with van der Waals surface area (Å²) in [6, 6.07) is 18.1. The molecule has 0 amide bonds. The molecule has 1 aliphatic rings. The summed E-state index contributed by atoms with van der Waals surface area (Å²) >= 11 is 0. The molecule has 25 heavy (non-hydrogen) atoms. The average Bonchev–Trinajstić information content (AvgIpc) is 2.61. The van der Waals surface area contributed by atoms with Gasteiger partial charge in [0.2, 0.25) is 0 Å². The second-order valence-electron chi connectivity index (χ2n) is 5.97. The molecule has 0 radical (unpaired) electrons. The summed E-state index contributed by atoms with van der Waals surface area (Å²) in [7, 11) is 0. The first-order valence-corrected chi connectivity index (χ1v) is 7.99. The molecule has 0 atom stereocenters. The van der Waals surface area contributed by atoms with Gasteiger partial charge in [-0.2, -0.15) is 0 Å². The van der Waals surface area contributed by atoms with Crippen LogP contribution in [0.25, 0.3) is 11.6 Å². The Kier molecular flexibility index (Phi) is 3.67. The van der Waals surface area contributed by atoms with Crippen molar-refractivity contribution in [3.05, 3.63) is 82.9 Å². The Morgan fingerprint density at radius 1 is 0.800 bits per heavy atom. The Hall–Kier alpha value is -3.24. The van der Waals surface area contributed by atoms with Crippen molar-refractivity contribution >= 4 is 11.6 Å². The van der Waals surface area contributed by atoms with Gasteiger partial charge in [0.15, 0.2) is 0 Å². The highest BCUT2D eigenvalue weighted by molar-refractivity contribution is 5.97. The largest absolute Gasteiger partial charge is 0.508 e. The molecule has 0 fully saturated rings. The average molecular weight is 331 g/mol. The molecule has 124 valence electrons. The third-order valence-corrected chi connectivity index (χ3v) is 4.26. The Balaban J connectivity index is 1.89. The van der Waals surface area contributed by atoms with Crippen LogP contribution < -0.4 is 10.5 Å². The van der Waals surface area contributed by atoms with Gasteiger partial charge in [-0.05, 0) is 47.0 Å². The van der Waals surface area contributed by atoms with Crippen molar-refractivity contribution in [3.63, 3.8) is 0 Å². The molecule has 4 N–H and O–H groups in total. The fraction of sp³-hybridized carbons (Fsp3) is 0.0476. The summed E-state index contributed by atoms with van der Waals surface area (Å²) in [6.45, 7) is 0.509. The van der Waals surface area contributed by atoms with Gasteiger partial charge in [-0.25, -0.2) is 0 Å². The molecule has 1 aliphatic heterocycles. The SMILES string of the molecule is NCc1ccc(C=C2c3ccc(O)cc3Oc3cc(O)ccc32)cc1. The number of fused-ring (bicyclic) bond motifs is 2. The van der Waals surface area contributed by atoms with Gasteiger partial charge in [-0.15, -0.1) is 0 Å². The summed E-state index contributed by atoms with van der Waals surface area (Å²) < 4.78 is 5.87. The second kappa shape index (κ2) is 6.00. The van der Waals surface area contributed by atoms with Gasteiger partial charge in [-0.3, -0.25) is 0 Å². The first kappa shape index (κ1) is 15.3. The van der Waals surface area contributed by atoms with Crippen LogP contribution >= 0.6 is 0 Å². The predicted molar refractivity (Wildman–Crippen MR) is 97.6 cm³/mol. The first-order chi connectivity index (χ1) is 12.1. The minimum Gasteiger partial charge on any atom is -0.508 e. The second-order valence-corrected chi connectivity index (χ2v) is 5.97. The molecule has 0 aliphatic carbocycles. The summed E-state index contributed by atoms with van der Waals surface area (Å²) in [6.07, 6.45) is 2.06. The molecule has 0 spiro atoms. The summed E-state index contributed by atoms with van der Waals surface area (Å²) in [5.41, 5.74) is 10.5. The van der Waals surface area contributed by atoms with Crippen LogP contribution in [0.15, 0.2) is 60.7 Å². The number of phenols is 2. The number of rotatable bonds is 2. The van der Waals surface area contributed by atoms with Crippen LogP contribution in [0, 0.1) is 0 Å². The molecule has 0 bridgehead atoms. The molecule has 0 saturated carbocycles. The van der Waals surface area contributed by atoms with Crippen molar-refractivity contribution in [1.29, 1.82) is 0 Å². The molecule has 4 rings (SSSR count). The Bertz CT molecular complexity index is 921. The summed E-state index contributed by atoms with van der Waals surface area (Å²) in [4.78, 5) is 0. The highest BCUT2D eigenvalue weighted by Crippen LogP contribution is 2.46. The molecular weight excluding hydrogens is 314 g/mol. The summed E-state index contributed by atoms with van der Waals surface area (Å²) in [5.74, 6) is 1.38. The van der Waals surface area contributed by atoms with Crippen molar-refractivity contribution in [2.24, 2.45) is 5.73 Å². The molecule has 3 aromatic carbocycles. The van der Waals surface area contributed by atoms with Gasteiger partial charge >= 0.3 is 0 Å². The van der Waals surface area contributed by atoms with Crippen LogP contribution in [0.1, 0.15) is 22.3 Å². The highest BCUT2D eigenvalue weighted by Gasteiger charge is 2.22. The third-order valence-electron chi connectivity index (χ3n) is 4.26. The number of ether oxygens (including phenoxy) is 1. The van der Waals surface area contributed by atoms with E-state index in [0.29, 0.717) is 18.0 Å². The Labute approximate surface area is 145 Å². The van der Waals surface area contributed by atoms with E-state index in [2.05, 4.69) is 6.08 Å². The van der Waals surface area contributed by atoms with Crippen LogP contribution in [0.5, 0.6) is 23.0 Å². The van der Waals surface area contributed by atoms with Crippen molar-refractivity contribution in [3.8, 4) is 23.0 Å². The molecule has 0 unspecified atom stereocenters. The lowest BCUT2D eigenvalue weighted by Crippen LogP contribution is -2.02. The van der Waals surface area contributed by atoms with Crippen LogP contribution in [0.3, 0.4) is 0 Å². The lowest BCUT2D eigenvalue weighted by molar-refractivity contribution is 0.441. The highest BCUT2D eigenvalue weighted by atomic mass is 16.5. The van der Waals surface area contributed by atoms with E-state index in [-0.39, 0.29) is 11.5 Å². The normalized spacial score (nSPS) is 12.1. The monoisotopic (exact) mass is 331 g/mol. The lowest BCUT2D eigenvalue weighted by Gasteiger charge is -2.23. The van der Waals surface area contributed by atoms with Crippen LogP contribution in [-0.4, -0.2) is 10.2 Å². The standard InChI is InChI=1S/C21H17NO3/c22-12-14-3-1-13(2-4-14)9-19-17-7-5-15(23)10-20(17)25-21-11-16(24)6-8-18(19)21/h1-11,23-24H,12,22H2. The molecule has 0 saturated heterocycles. The molecular formula is C21H17NO3. The quantitative estimate of drug-likeness (QED) is 0.513. The maximum atomic E-state index is 9.76. The van der Waals surface area contributed by atoms with Gasteiger partial charge in [0.05, 0.1) is 0 Å². The number of phenolic OH excluding ortho intramolecular Hbond substituents is 2. The van der Waals surface area contributed by atoms with Gasteiger partial charge in [0, 0.05) is 29.8 Å². The van der Waals surface area contributed by atoms with Crippen LogP contribution in [-0.2, 0) is 6.54 Å². The molecule has 1 heterocycles. The fourth-order valence-electron chi connectivity index (χ4n) is 2.97. The summed E-state index contributed by atoms with van der Waals surface area (Å²) in [5, 5.41) is 19.5. The topological polar surface area (TPSA) is 75.7 Å². The van der Waals surface area contributed by atoms with Gasteiger partial charge in [0.25, 0.3) is 0 Å². The number of benzene rings is 3. The number of nitrogens with two attached hydrogens (primary N) is 1. The fourth-order valence-corrected chi connectivity index (χ4v) is 2.97. The van der Waals surface area contributed by atoms with Crippen LogP contribution in [0.4, 0.5) is 0 Å². The van der Waals surface area contributed by atoms with Gasteiger partial charge in [-0.1, -0.05) is 24.3 Å². The molecule has 0 aromatic heterocycles. The first-order valence-electron chi connectivity index (χ1n) is 7.99.